The van der Waals surface area contributed by atoms with Crippen LogP contribution in [0.1, 0.15) is 30.9 Å². The van der Waals surface area contributed by atoms with E-state index in [1.165, 1.54) is 5.56 Å². The lowest BCUT2D eigenvalue weighted by atomic mass is 9.96. The first kappa shape index (κ1) is 20.8. The lowest BCUT2D eigenvalue weighted by Gasteiger charge is -2.30. The highest BCUT2D eigenvalue weighted by atomic mass is 16.2. The van der Waals surface area contributed by atoms with Gasteiger partial charge in [-0.2, -0.15) is 5.10 Å². The van der Waals surface area contributed by atoms with Gasteiger partial charge in [0, 0.05) is 49.8 Å². The van der Waals surface area contributed by atoms with Crippen LogP contribution in [0, 0.1) is 5.92 Å². The highest BCUT2D eigenvalue weighted by Gasteiger charge is 2.26. The van der Waals surface area contributed by atoms with Crippen LogP contribution in [0.2, 0.25) is 0 Å². The van der Waals surface area contributed by atoms with Crippen LogP contribution in [0.25, 0.3) is 11.3 Å². The molecule has 3 aromatic rings. The number of aromatic nitrogens is 2. The van der Waals surface area contributed by atoms with Crippen molar-refractivity contribution in [1.82, 2.24) is 20.0 Å². The standard InChI is InChI=1S/C25H28N4O2/c1-19(30)28-14-12-22(13-15-28)25(31)26-16-23-18-29(17-20-8-4-2-5-9-20)27-24(23)21-10-6-3-7-11-21/h2-11,18,22H,12-17H2,1H3,(H,26,31). The van der Waals surface area contributed by atoms with Crippen molar-refractivity contribution in [2.45, 2.75) is 32.9 Å². The Hall–Kier alpha value is -3.41. The van der Waals surface area contributed by atoms with Gasteiger partial charge in [-0.1, -0.05) is 60.7 Å². The summed E-state index contributed by atoms with van der Waals surface area (Å²) in [7, 11) is 0. The van der Waals surface area contributed by atoms with Crippen LogP contribution in [0.4, 0.5) is 0 Å². The summed E-state index contributed by atoms with van der Waals surface area (Å²) in [6, 6.07) is 20.3. The molecule has 1 aromatic heterocycles. The Bertz CT molecular complexity index is 1020. The van der Waals surface area contributed by atoms with Gasteiger partial charge in [0.2, 0.25) is 11.8 Å². The summed E-state index contributed by atoms with van der Waals surface area (Å²) >= 11 is 0. The molecule has 1 saturated heterocycles. The number of likely N-dealkylation sites (tertiary alicyclic amines) is 1. The fraction of sp³-hybridized carbons (Fsp3) is 0.320. The molecule has 1 N–H and O–H groups in total. The molecule has 2 heterocycles. The lowest BCUT2D eigenvalue weighted by molar-refractivity contribution is -0.134. The van der Waals surface area contributed by atoms with Gasteiger partial charge < -0.3 is 10.2 Å². The van der Waals surface area contributed by atoms with Crippen molar-refractivity contribution >= 4 is 11.8 Å². The van der Waals surface area contributed by atoms with Crippen LogP contribution in [-0.2, 0) is 22.7 Å². The van der Waals surface area contributed by atoms with Crippen molar-refractivity contribution in [3.05, 3.63) is 78.0 Å². The van der Waals surface area contributed by atoms with E-state index >= 15 is 0 Å². The number of nitrogens with one attached hydrogen (secondary N) is 1. The lowest BCUT2D eigenvalue weighted by Crippen LogP contribution is -2.42. The summed E-state index contributed by atoms with van der Waals surface area (Å²) in [5.41, 5.74) is 4.10. The summed E-state index contributed by atoms with van der Waals surface area (Å²) < 4.78 is 1.94. The van der Waals surface area contributed by atoms with Gasteiger partial charge >= 0.3 is 0 Å². The molecule has 1 fully saturated rings. The maximum absolute atomic E-state index is 12.8. The van der Waals surface area contributed by atoms with E-state index in [9.17, 15) is 9.59 Å². The van der Waals surface area contributed by atoms with Crippen LogP contribution in [-0.4, -0.2) is 39.6 Å². The summed E-state index contributed by atoms with van der Waals surface area (Å²) in [6.07, 6.45) is 3.45. The van der Waals surface area contributed by atoms with Crippen molar-refractivity contribution < 1.29 is 9.59 Å². The monoisotopic (exact) mass is 416 g/mol. The zero-order valence-electron chi connectivity index (χ0n) is 17.8. The first-order valence-corrected chi connectivity index (χ1v) is 10.8. The number of rotatable bonds is 6. The smallest absolute Gasteiger partial charge is 0.223 e. The molecular weight excluding hydrogens is 388 g/mol. The van der Waals surface area contributed by atoms with Crippen LogP contribution in [0.3, 0.4) is 0 Å². The van der Waals surface area contributed by atoms with Gasteiger partial charge in [0.15, 0.2) is 0 Å². The molecule has 0 spiro atoms. The first-order valence-electron chi connectivity index (χ1n) is 10.8. The van der Waals surface area contributed by atoms with E-state index in [-0.39, 0.29) is 17.7 Å². The molecule has 0 radical (unpaired) electrons. The molecular formula is C25H28N4O2. The van der Waals surface area contributed by atoms with Gasteiger partial charge in [-0.05, 0) is 18.4 Å². The number of carbonyl (C=O) groups is 2. The molecule has 0 atom stereocenters. The fourth-order valence-corrected chi connectivity index (χ4v) is 4.07. The number of hydrogen-bond donors (Lipinski definition) is 1. The second kappa shape index (κ2) is 9.60. The van der Waals surface area contributed by atoms with E-state index < -0.39 is 0 Å². The number of hydrogen-bond acceptors (Lipinski definition) is 3. The number of carbonyl (C=O) groups excluding carboxylic acids is 2. The Morgan fingerprint density at radius 3 is 2.29 bits per heavy atom. The van der Waals surface area contributed by atoms with Crippen molar-refractivity contribution in [2.24, 2.45) is 5.92 Å². The quantitative estimate of drug-likeness (QED) is 0.669. The molecule has 1 aliphatic rings. The second-order valence-electron chi connectivity index (χ2n) is 8.05. The zero-order chi connectivity index (χ0) is 21.6. The van der Waals surface area contributed by atoms with Crippen LogP contribution in [0.5, 0.6) is 0 Å². The van der Waals surface area contributed by atoms with E-state index in [4.69, 9.17) is 5.10 Å². The van der Waals surface area contributed by atoms with E-state index in [0.717, 1.165) is 16.8 Å². The van der Waals surface area contributed by atoms with Crippen molar-refractivity contribution in [3.63, 3.8) is 0 Å². The van der Waals surface area contributed by atoms with Gasteiger partial charge in [-0.15, -0.1) is 0 Å². The van der Waals surface area contributed by atoms with E-state index in [0.29, 0.717) is 39.0 Å². The Morgan fingerprint density at radius 1 is 1.00 bits per heavy atom. The molecule has 4 rings (SSSR count). The topological polar surface area (TPSA) is 67.2 Å². The maximum atomic E-state index is 12.8. The SMILES string of the molecule is CC(=O)N1CCC(C(=O)NCc2cn(Cc3ccccc3)nc2-c2ccccc2)CC1. The number of nitrogens with zero attached hydrogens (tertiary/aromatic N) is 3. The minimum Gasteiger partial charge on any atom is -0.352 e. The number of piperidine rings is 1. The molecule has 2 amide bonds. The third-order valence-electron chi connectivity index (χ3n) is 5.84. The van der Waals surface area contributed by atoms with Crippen molar-refractivity contribution in [3.8, 4) is 11.3 Å². The molecule has 0 unspecified atom stereocenters. The van der Waals surface area contributed by atoms with Crippen LogP contribution < -0.4 is 5.32 Å². The molecule has 0 saturated carbocycles. The minimum absolute atomic E-state index is 0.0462. The van der Waals surface area contributed by atoms with Gasteiger partial charge in [0.05, 0.1) is 12.2 Å². The van der Waals surface area contributed by atoms with Crippen LogP contribution >= 0.6 is 0 Å². The molecule has 1 aliphatic heterocycles. The Balaban J connectivity index is 1.46. The van der Waals surface area contributed by atoms with Gasteiger partial charge in [0.25, 0.3) is 0 Å². The Labute approximate surface area is 182 Å². The Morgan fingerprint density at radius 2 is 1.65 bits per heavy atom. The highest BCUT2D eigenvalue weighted by molar-refractivity contribution is 5.80. The molecule has 0 bridgehead atoms. The molecule has 6 heteroatoms. The number of benzene rings is 2. The van der Waals surface area contributed by atoms with E-state index in [1.54, 1.807) is 6.92 Å². The minimum atomic E-state index is -0.0462. The largest absolute Gasteiger partial charge is 0.352 e. The molecule has 6 nitrogen and oxygen atoms in total. The van der Waals surface area contributed by atoms with Gasteiger partial charge in [0.1, 0.15) is 0 Å². The second-order valence-corrected chi connectivity index (χ2v) is 8.05. The predicted molar refractivity (Wildman–Crippen MR) is 120 cm³/mol. The van der Waals surface area contributed by atoms with Gasteiger partial charge in [-0.3, -0.25) is 14.3 Å². The van der Waals surface area contributed by atoms with Crippen LogP contribution in [0.15, 0.2) is 66.9 Å². The summed E-state index contributed by atoms with van der Waals surface area (Å²) in [5, 5.41) is 7.92. The van der Waals surface area contributed by atoms with E-state index in [2.05, 4.69) is 17.4 Å². The van der Waals surface area contributed by atoms with Crippen molar-refractivity contribution in [1.29, 1.82) is 0 Å². The van der Waals surface area contributed by atoms with Gasteiger partial charge in [-0.25, -0.2) is 0 Å². The normalized spacial score (nSPS) is 14.4. The predicted octanol–water partition coefficient (Wildman–Crippen LogP) is 3.47. The molecule has 2 aromatic carbocycles. The fourth-order valence-electron chi connectivity index (χ4n) is 4.07. The summed E-state index contributed by atoms with van der Waals surface area (Å²) in [5.74, 6) is 0.0883. The number of amides is 2. The average Bonchev–Trinajstić information content (AvgIpc) is 3.21. The maximum Gasteiger partial charge on any atom is 0.223 e. The van der Waals surface area contributed by atoms with E-state index in [1.807, 2.05) is 64.3 Å². The molecule has 31 heavy (non-hydrogen) atoms. The third kappa shape index (κ3) is 5.20. The molecule has 160 valence electrons. The summed E-state index contributed by atoms with van der Waals surface area (Å²) in [6.45, 7) is 4.00. The zero-order valence-corrected chi connectivity index (χ0v) is 17.8. The average molecular weight is 417 g/mol. The Kier molecular flexibility index (Phi) is 6.46. The van der Waals surface area contributed by atoms with Crippen molar-refractivity contribution in [2.75, 3.05) is 13.1 Å². The molecule has 0 aliphatic carbocycles. The first-order chi connectivity index (χ1) is 15.1. The third-order valence-corrected chi connectivity index (χ3v) is 5.84. The summed E-state index contributed by atoms with van der Waals surface area (Å²) in [4.78, 5) is 26.1. The highest BCUT2D eigenvalue weighted by Crippen LogP contribution is 2.23.